The molecule has 1 heterocycles. The molecule has 0 spiro atoms. The van der Waals surface area contributed by atoms with Gasteiger partial charge in [-0.1, -0.05) is 66.7 Å². The lowest BCUT2D eigenvalue weighted by molar-refractivity contribution is 0.0955. The highest BCUT2D eigenvalue weighted by molar-refractivity contribution is 6.06. The lowest BCUT2D eigenvalue weighted by Gasteiger charge is -2.10. The number of nitrogens with zero attached hydrogens (tertiary/aromatic N) is 2. The van der Waals surface area contributed by atoms with E-state index in [0.717, 1.165) is 23.1 Å². The number of amides is 1. The zero-order chi connectivity index (χ0) is 18.5. The number of fused-ring (bicyclic) bond motifs is 1. The first-order valence-electron chi connectivity index (χ1n) is 9.11. The number of nitrogens with one attached hydrogen (secondary N) is 1. The summed E-state index contributed by atoms with van der Waals surface area (Å²) in [5.74, 6) is 0.921. The first-order valence-corrected chi connectivity index (χ1v) is 9.11. The summed E-state index contributed by atoms with van der Waals surface area (Å²) in [4.78, 5) is 17.1. The Kier molecular flexibility index (Phi) is 4.97. The van der Waals surface area contributed by atoms with E-state index in [1.807, 2.05) is 73.1 Å². The van der Waals surface area contributed by atoms with Crippen molar-refractivity contribution >= 4 is 16.7 Å². The van der Waals surface area contributed by atoms with E-state index >= 15 is 0 Å². The highest BCUT2D eigenvalue weighted by Crippen LogP contribution is 2.18. The molecular weight excluding hydrogens is 334 g/mol. The number of carbonyl (C=O) groups is 1. The van der Waals surface area contributed by atoms with E-state index < -0.39 is 0 Å². The SMILES string of the molecule is O=C(NCCc1nccn1Cc1ccccc1)c1cccc2ccccc12. The van der Waals surface area contributed by atoms with Crippen LogP contribution < -0.4 is 5.32 Å². The van der Waals surface area contributed by atoms with Gasteiger partial charge in [-0.25, -0.2) is 4.98 Å². The predicted octanol–water partition coefficient (Wildman–Crippen LogP) is 4.06. The van der Waals surface area contributed by atoms with Crippen LogP contribution in [0.3, 0.4) is 0 Å². The molecule has 0 bridgehead atoms. The summed E-state index contributed by atoms with van der Waals surface area (Å²) < 4.78 is 2.12. The van der Waals surface area contributed by atoms with Gasteiger partial charge in [0.25, 0.3) is 5.91 Å². The first kappa shape index (κ1) is 17.0. The van der Waals surface area contributed by atoms with Gasteiger partial charge in [0.05, 0.1) is 0 Å². The van der Waals surface area contributed by atoms with Gasteiger partial charge in [0.15, 0.2) is 0 Å². The van der Waals surface area contributed by atoms with Crippen molar-refractivity contribution in [2.45, 2.75) is 13.0 Å². The number of aromatic nitrogens is 2. The van der Waals surface area contributed by atoms with Crippen LogP contribution in [0.25, 0.3) is 10.8 Å². The van der Waals surface area contributed by atoms with Crippen LogP contribution >= 0.6 is 0 Å². The van der Waals surface area contributed by atoms with Crippen molar-refractivity contribution in [3.63, 3.8) is 0 Å². The van der Waals surface area contributed by atoms with E-state index in [1.54, 1.807) is 0 Å². The van der Waals surface area contributed by atoms with Crippen LogP contribution in [-0.2, 0) is 13.0 Å². The second-order valence-electron chi connectivity index (χ2n) is 6.49. The summed E-state index contributed by atoms with van der Waals surface area (Å²) in [7, 11) is 0. The zero-order valence-corrected chi connectivity index (χ0v) is 15.0. The van der Waals surface area contributed by atoms with Crippen molar-refractivity contribution in [1.82, 2.24) is 14.9 Å². The van der Waals surface area contributed by atoms with Crippen molar-refractivity contribution in [2.24, 2.45) is 0 Å². The average Bonchev–Trinajstić information content (AvgIpc) is 3.15. The minimum atomic E-state index is -0.0482. The van der Waals surface area contributed by atoms with Gasteiger partial charge in [-0.3, -0.25) is 4.79 Å². The Balaban J connectivity index is 1.40. The fourth-order valence-electron chi connectivity index (χ4n) is 3.30. The summed E-state index contributed by atoms with van der Waals surface area (Å²) in [5.41, 5.74) is 1.94. The Morgan fingerprint density at radius 3 is 2.59 bits per heavy atom. The van der Waals surface area contributed by atoms with E-state index in [9.17, 15) is 4.79 Å². The molecule has 0 aliphatic rings. The van der Waals surface area contributed by atoms with Crippen molar-refractivity contribution in [1.29, 1.82) is 0 Å². The molecule has 4 heteroatoms. The van der Waals surface area contributed by atoms with Gasteiger partial charge in [0, 0.05) is 37.5 Å². The van der Waals surface area contributed by atoms with E-state index in [1.165, 1.54) is 5.56 Å². The second kappa shape index (κ2) is 7.87. The molecule has 27 heavy (non-hydrogen) atoms. The van der Waals surface area contributed by atoms with Gasteiger partial charge < -0.3 is 9.88 Å². The number of hydrogen-bond donors (Lipinski definition) is 1. The molecule has 0 atom stereocenters. The van der Waals surface area contributed by atoms with E-state index in [-0.39, 0.29) is 5.91 Å². The molecule has 134 valence electrons. The molecule has 0 aliphatic carbocycles. The molecule has 0 saturated carbocycles. The largest absolute Gasteiger partial charge is 0.352 e. The van der Waals surface area contributed by atoms with Crippen LogP contribution in [0.5, 0.6) is 0 Å². The van der Waals surface area contributed by atoms with Crippen LogP contribution in [0, 0.1) is 0 Å². The molecule has 1 aromatic heterocycles. The Labute approximate surface area is 158 Å². The average molecular weight is 355 g/mol. The smallest absolute Gasteiger partial charge is 0.251 e. The number of benzene rings is 3. The quantitative estimate of drug-likeness (QED) is 0.567. The number of imidazole rings is 1. The number of hydrogen-bond acceptors (Lipinski definition) is 2. The highest BCUT2D eigenvalue weighted by Gasteiger charge is 2.10. The predicted molar refractivity (Wildman–Crippen MR) is 108 cm³/mol. The van der Waals surface area contributed by atoms with Crippen molar-refractivity contribution in [3.8, 4) is 0 Å². The summed E-state index contributed by atoms with van der Waals surface area (Å²) in [6.45, 7) is 1.33. The lowest BCUT2D eigenvalue weighted by atomic mass is 10.0. The molecular formula is C23H21N3O. The van der Waals surface area contributed by atoms with Gasteiger partial charge in [0.2, 0.25) is 0 Å². The van der Waals surface area contributed by atoms with Crippen LogP contribution in [0.4, 0.5) is 0 Å². The first-order chi connectivity index (χ1) is 13.3. The molecule has 4 nitrogen and oxygen atoms in total. The molecule has 4 aromatic rings. The molecule has 0 unspecified atom stereocenters. The maximum atomic E-state index is 12.6. The third-order valence-corrected chi connectivity index (χ3v) is 4.67. The summed E-state index contributed by atoms with van der Waals surface area (Å²) in [5, 5.41) is 5.08. The minimum absolute atomic E-state index is 0.0482. The van der Waals surface area contributed by atoms with E-state index in [0.29, 0.717) is 18.5 Å². The van der Waals surface area contributed by atoms with Gasteiger partial charge in [-0.2, -0.15) is 0 Å². The molecule has 1 N–H and O–H groups in total. The summed E-state index contributed by atoms with van der Waals surface area (Å²) >= 11 is 0. The van der Waals surface area contributed by atoms with Gasteiger partial charge in [0.1, 0.15) is 5.82 Å². The molecule has 4 rings (SSSR count). The van der Waals surface area contributed by atoms with Gasteiger partial charge >= 0.3 is 0 Å². The lowest BCUT2D eigenvalue weighted by Crippen LogP contribution is -2.26. The third-order valence-electron chi connectivity index (χ3n) is 4.67. The van der Waals surface area contributed by atoms with Crippen molar-refractivity contribution in [3.05, 3.63) is 102 Å². The number of carbonyl (C=O) groups excluding carboxylic acids is 1. The minimum Gasteiger partial charge on any atom is -0.352 e. The Bertz CT molecular complexity index is 1050. The van der Waals surface area contributed by atoms with Crippen LogP contribution in [-0.4, -0.2) is 22.0 Å². The third kappa shape index (κ3) is 3.90. The van der Waals surface area contributed by atoms with Crippen LogP contribution in [0.15, 0.2) is 85.2 Å². The zero-order valence-electron chi connectivity index (χ0n) is 15.0. The number of rotatable bonds is 6. The molecule has 3 aromatic carbocycles. The standard InChI is InChI=1S/C23H21N3O/c27-23(21-12-6-10-19-9-4-5-11-20(19)21)25-14-13-22-24-15-16-26(22)17-18-7-2-1-3-8-18/h1-12,15-16H,13-14,17H2,(H,25,27). The van der Waals surface area contributed by atoms with Crippen molar-refractivity contribution < 1.29 is 4.79 Å². The van der Waals surface area contributed by atoms with E-state index in [4.69, 9.17) is 0 Å². The highest BCUT2D eigenvalue weighted by atomic mass is 16.1. The fourth-order valence-corrected chi connectivity index (χ4v) is 3.30. The van der Waals surface area contributed by atoms with Crippen LogP contribution in [0.2, 0.25) is 0 Å². The molecule has 1 amide bonds. The molecule has 0 saturated heterocycles. The monoisotopic (exact) mass is 355 g/mol. The normalized spacial score (nSPS) is 10.8. The van der Waals surface area contributed by atoms with Crippen LogP contribution in [0.1, 0.15) is 21.7 Å². The van der Waals surface area contributed by atoms with Gasteiger partial charge in [-0.05, 0) is 22.4 Å². The maximum absolute atomic E-state index is 12.6. The molecule has 0 fully saturated rings. The second-order valence-corrected chi connectivity index (χ2v) is 6.49. The van der Waals surface area contributed by atoms with E-state index in [2.05, 4.69) is 27.0 Å². The van der Waals surface area contributed by atoms with Crippen molar-refractivity contribution in [2.75, 3.05) is 6.54 Å². The molecule has 0 aliphatic heterocycles. The Morgan fingerprint density at radius 2 is 1.70 bits per heavy atom. The summed E-state index contributed by atoms with van der Waals surface area (Å²) in [6.07, 6.45) is 4.48. The maximum Gasteiger partial charge on any atom is 0.251 e. The van der Waals surface area contributed by atoms with Gasteiger partial charge in [-0.15, -0.1) is 0 Å². The summed E-state index contributed by atoms with van der Waals surface area (Å²) in [6, 6.07) is 24.1. The topological polar surface area (TPSA) is 46.9 Å². The Morgan fingerprint density at radius 1 is 0.926 bits per heavy atom. The molecule has 0 radical (unpaired) electrons. The fraction of sp³-hybridized carbons (Fsp3) is 0.130. The Hall–Kier alpha value is -3.40.